The maximum Gasteiger partial charge on any atom is 0.294 e. The molecule has 0 aliphatic carbocycles. The van der Waals surface area contributed by atoms with Crippen LogP contribution in [0, 0.1) is 10.1 Å². The molecule has 3 aliphatic heterocycles. The number of benzene rings is 1. The molecule has 3 aliphatic rings. The molecular weight excluding hydrogens is 418 g/mol. The molecule has 11 nitrogen and oxygen atoms in total. The van der Waals surface area contributed by atoms with Crippen LogP contribution in [0.15, 0.2) is 18.2 Å². The van der Waals surface area contributed by atoms with Gasteiger partial charge in [0.1, 0.15) is 24.4 Å². The Bertz CT molecular complexity index is 921. The summed E-state index contributed by atoms with van der Waals surface area (Å²) in [4.78, 5) is 53.0. The first-order chi connectivity index (χ1) is 15.3. The molecule has 0 bridgehead atoms. The highest BCUT2D eigenvalue weighted by molar-refractivity contribution is 6.17. The third kappa shape index (κ3) is 3.93. The fourth-order valence-electron chi connectivity index (χ4n) is 5.00. The number of piperidine rings is 2. The number of primary amides is 1. The zero-order valence-corrected chi connectivity index (χ0v) is 17.8. The Balaban J connectivity index is 1.57. The highest BCUT2D eigenvalue weighted by atomic mass is 16.6. The van der Waals surface area contributed by atoms with Crippen LogP contribution >= 0.6 is 0 Å². The van der Waals surface area contributed by atoms with Crippen molar-refractivity contribution in [2.75, 3.05) is 49.2 Å². The van der Waals surface area contributed by atoms with E-state index in [9.17, 15) is 24.5 Å². The van der Waals surface area contributed by atoms with Crippen LogP contribution in [0.4, 0.5) is 17.1 Å². The molecule has 0 saturated carbocycles. The van der Waals surface area contributed by atoms with Crippen molar-refractivity contribution in [3.63, 3.8) is 0 Å². The summed E-state index contributed by atoms with van der Waals surface area (Å²) in [6.45, 7) is 2.04. The van der Waals surface area contributed by atoms with Crippen molar-refractivity contribution in [1.29, 1.82) is 0 Å². The molecule has 3 saturated heterocycles. The lowest BCUT2D eigenvalue weighted by Crippen LogP contribution is -2.63. The van der Waals surface area contributed by atoms with E-state index in [1.165, 1.54) is 12.1 Å². The summed E-state index contributed by atoms with van der Waals surface area (Å²) in [5, 5.41) is 11.8. The van der Waals surface area contributed by atoms with E-state index in [0.717, 1.165) is 37.3 Å². The molecular formula is C21H27N5O6. The lowest BCUT2D eigenvalue weighted by Gasteiger charge is -2.48. The summed E-state index contributed by atoms with van der Waals surface area (Å²) in [6.07, 6.45) is 4.18. The Morgan fingerprint density at radius 3 is 2.22 bits per heavy atom. The maximum absolute atomic E-state index is 12.4. The van der Waals surface area contributed by atoms with Gasteiger partial charge in [0, 0.05) is 19.2 Å². The molecule has 0 spiro atoms. The van der Waals surface area contributed by atoms with Crippen LogP contribution in [0.1, 0.15) is 32.1 Å². The number of rotatable bonds is 5. The number of nitrogens with zero attached hydrogens (tertiary/aromatic N) is 4. The number of amides is 3. The van der Waals surface area contributed by atoms with E-state index >= 15 is 0 Å². The summed E-state index contributed by atoms with van der Waals surface area (Å²) < 4.78 is 4.91. The second kappa shape index (κ2) is 8.83. The van der Waals surface area contributed by atoms with E-state index in [1.54, 1.807) is 6.07 Å². The van der Waals surface area contributed by atoms with Gasteiger partial charge in [-0.25, -0.2) is 4.90 Å². The number of hydrogen-bond donors (Lipinski definition) is 1. The topological polar surface area (TPSA) is 139 Å². The number of nitro groups is 1. The molecule has 32 heavy (non-hydrogen) atoms. The van der Waals surface area contributed by atoms with E-state index in [1.807, 2.05) is 4.90 Å². The van der Waals surface area contributed by atoms with Gasteiger partial charge in [0.25, 0.3) is 17.5 Å². The fraction of sp³-hybridized carbons (Fsp3) is 0.571. The number of imide groups is 1. The van der Waals surface area contributed by atoms with Gasteiger partial charge in [-0.05, 0) is 50.9 Å². The monoisotopic (exact) mass is 445 g/mol. The summed E-state index contributed by atoms with van der Waals surface area (Å²) in [6, 6.07) is 4.34. The number of ether oxygens (including phenoxy) is 1. The number of carbonyl (C=O) groups is 3. The largest absolute Gasteiger partial charge is 0.368 e. The lowest BCUT2D eigenvalue weighted by molar-refractivity contribution is -0.384. The van der Waals surface area contributed by atoms with Crippen molar-refractivity contribution in [2.24, 2.45) is 5.73 Å². The molecule has 0 radical (unpaired) electrons. The van der Waals surface area contributed by atoms with Crippen molar-refractivity contribution in [2.45, 2.75) is 37.6 Å². The molecule has 11 heteroatoms. The van der Waals surface area contributed by atoms with Gasteiger partial charge in [-0.15, -0.1) is 0 Å². The minimum atomic E-state index is -0.724. The Hall–Kier alpha value is -3.05. The number of nitrogens with two attached hydrogens (primary N) is 1. The molecule has 4 rings (SSSR count). The van der Waals surface area contributed by atoms with Gasteiger partial charge < -0.3 is 15.4 Å². The van der Waals surface area contributed by atoms with Crippen molar-refractivity contribution in [3.05, 3.63) is 28.3 Å². The normalized spacial score (nSPS) is 22.1. The maximum atomic E-state index is 12.4. The highest BCUT2D eigenvalue weighted by Crippen LogP contribution is 2.38. The summed E-state index contributed by atoms with van der Waals surface area (Å²) >= 11 is 0. The smallest absolute Gasteiger partial charge is 0.294 e. The second-order valence-corrected chi connectivity index (χ2v) is 8.48. The number of likely N-dealkylation sites (tertiary alicyclic amines) is 1. The summed E-state index contributed by atoms with van der Waals surface area (Å²) in [5.74, 6) is -1.46. The second-order valence-electron chi connectivity index (χ2n) is 8.48. The first-order valence-corrected chi connectivity index (χ1v) is 10.9. The van der Waals surface area contributed by atoms with Gasteiger partial charge in [0.05, 0.1) is 10.6 Å². The van der Waals surface area contributed by atoms with Gasteiger partial charge in [-0.2, -0.15) is 0 Å². The number of hydrogen-bond acceptors (Lipinski definition) is 8. The van der Waals surface area contributed by atoms with Crippen LogP contribution in [-0.4, -0.2) is 72.5 Å². The van der Waals surface area contributed by atoms with E-state index in [4.69, 9.17) is 10.5 Å². The first kappa shape index (κ1) is 22.2. The average molecular weight is 445 g/mol. The molecule has 3 amide bonds. The summed E-state index contributed by atoms with van der Waals surface area (Å²) in [5.41, 5.74) is 5.46. The molecule has 0 unspecified atom stereocenters. The van der Waals surface area contributed by atoms with Crippen molar-refractivity contribution in [1.82, 2.24) is 4.90 Å². The van der Waals surface area contributed by atoms with E-state index < -0.39 is 22.3 Å². The average Bonchev–Trinajstić information content (AvgIpc) is 2.79. The molecule has 1 aromatic rings. The Labute approximate surface area is 185 Å². The minimum Gasteiger partial charge on any atom is -0.368 e. The molecule has 0 atom stereocenters. The van der Waals surface area contributed by atoms with E-state index in [2.05, 4.69) is 4.90 Å². The third-order valence-corrected chi connectivity index (χ3v) is 6.72. The molecule has 0 aromatic heterocycles. The van der Waals surface area contributed by atoms with Crippen molar-refractivity contribution in [3.8, 4) is 0 Å². The molecule has 3 heterocycles. The van der Waals surface area contributed by atoms with Gasteiger partial charge in [-0.3, -0.25) is 29.4 Å². The Morgan fingerprint density at radius 2 is 1.66 bits per heavy atom. The van der Waals surface area contributed by atoms with Gasteiger partial charge in [0.15, 0.2) is 0 Å². The number of nitro benzene ring substituents is 1. The zero-order chi connectivity index (χ0) is 22.9. The molecule has 3 fully saturated rings. The predicted molar refractivity (Wildman–Crippen MR) is 115 cm³/mol. The highest BCUT2D eigenvalue weighted by Gasteiger charge is 2.45. The first-order valence-electron chi connectivity index (χ1n) is 10.9. The summed E-state index contributed by atoms with van der Waals surface area (Å²) in [7, 11) is 0. The van der Waals surface area contributed by atoms with Crippen LogP contribution in [0.25, 0.3) is 0 Å². The quantitative estimate of drug-likeness (QED) is 0.399. The molecule has 1 aromatic carbocycles. The SMILES string of the molecule is NC(=O)C1(N2CCCCC2)CCN(c2ccc(N3C(=O)COCC3=O)cc2[N+](=O)[O-])CC1. The lowest BCUT2D eigenvalue weighted by atomic mass is 9.83. The van der Waals surface area contributed by atoms with Crippen LogP contribution in [-0.2, 0) is 19.1 Å². The molecule has 172 valence electrons. The van der Waals surface area contributed by atoms with Crippen molar-refractivity contribution < 1.29 is 24.0 Å². The predicted octanol–water partition coefficient (Wildman–Crippen LogP) is 0.795. The number of morpholine rings is 1. The van der Waals surface area contributed by atoms with Crippen LogP contribution in [0.3, 0.4) is 0 Å². The minimum absolute atomic E-state index is 0.149. The van der Waals surface area contributed by atoms with Gasteiger partial charge >= 0.3 is 0 Å². The van der Waals surface area contributed by atoms with Gasteiger partial charge in [-0.1, -0.05) is 6.42 Å². The fourth-order valence-corrected chi connectivity index (χ4v) is 5.00. The standard InChI is InChI=1S/C21H27N5O6/c22-20(29)21(24-8-2-1-3-9-24)6-10-23(11-7-21)16-5-4-15(12-17(16)26(30)31)25-18(27)13-32-14-19(25)28/h4-5,12H,1-3,6-11,13-14H2,(H2,22,29). The van der Waals surface area contributed by atoms with Crippen molar-refractivity contribution >= 4 is 34.8 Å². The zero-order valence-electron chi connectivity index (χ0n) is 17.8. The Morgan fingerprint density at radius 1 is 1.03 bits per heavy atom. The van der Waals surface area contributed by atoms with Gasteiger partial charge in [0.2, 0.25) is 5.91 Å². The van der Waals surface area contributed by atoms with E-state index in [0.29, 0.717) is 31.6 Å². The molecule has 2 N–H and O–H groups in total. The van der Waals surface area contributed by atoms with Crippen LogP contribution in [0.5, 0.6) is 0 Å². The Kier molecular flexibility index (Phi) is 6.11. The third-order valence-electron chi connectivity index (χ3n) is 6.72. The number of anilines is 2. The van der Waals surface area contributed by atoms with Crippen LogP contribution < -0.4 is 15.5 Å². The van der Waals surface area contributed by atoms with E-state index in [-0.39, 0.29) is 30.5 Å². The van der Waals surface area contributed by atoms with Crippen LogP contribution in [0.2, 0.25) is 0 Å². The number of carbonyl (C=O) groups excluding carboxylic acids is 3.